The Morgan fingerprint density at radius 1 is 1.37 bits per heavy atom. The average Bonchev–Trinajstić information content (AvgIpc) is 2.37. The molecule has 19 heavy (non-hydrogen) atoms. The van der Waals surface area contributed by atoms with Gasteiger partial charge in [0.1, 0.15) is 11.0 Å². The largest absolute Gasteiger partial charge is 0.377 e. The molecule has 1 aromatic heterocycles. The first-order valence-electron chi connectivity index (χ1n) is 5.81. The molecule has 1 aromatic carbocycles. The van der Waals surface area contributed by atoms with E-state index in [9.17, 15) is 4.39 Å². The van der Waals surface area contributed by atoms with E-state index in [4.69, 9.17) is 11.6 Å². The summed E-state index contributed by atoms with van der Waals surface area (Å²) in [6.45, 7) is 3.71. The van der Waals surface area contributed by atoms with E-state index in [2.05, 4.69) is 26.2 Å². The van der Waals surface area contributed by atoms with Gasteiger partial charge < -0.3 is 5.32 Å². The summed E-state index contributed by atoms with van der Waals surface area (Å²) in [5.41, 5.74) is 2.35. The van der Waals surface area contributed by atoms with Crippen molar-refractivity contribution in [3.05, 3.63) is 57.0 Å². The molecule has 2 rings (SSSR count). The first-order chi connectivity index (χ1) is 8.97. The Hall–Kier alpha value is -1.13. The minimum atomic E-state index is -0.193. The second-order valence-corrected chi connectivity index (χ2v) is 5.58. The van der Waals surface area contributed by atoms with Crippen LogP contribution < -0.4 is 5.32 Å². The Kier molecular flexibility index (Phi) is 4.42. The van der Waals surface area contributed by atoms with Crippen molar-refractivity contribution < 1.29 is 4.39 Å². The van der Waals surface area contributed by atoms with Gasteiger partial charge in [-0.05, 0) is 53.0 Å². The molecule has 2 nitrogen and oxygen atoms in total. The van der Waals surface area contributed by atoms with Gasteiger partial charge in [-0.25, -0.2) is 9.37 Å². The van der Waals surface area contributed by atoms with Crippen molar-refractivity contribution in [1.82, 2.24) is 4.98 Å². The summed E-state index contributed by atoms with van der Waals surface area (Å²) in [5, 5.41) is 3.67. The number of anilines is 1. The monoisotopic (exact) mass is 342 g/mol. The molecule has 1 N–H and O–H groups in total. The minimum Gasteiger partial charge on any atom is -0.377 e. The molecule has 0 aliphatic rings. The maximum Gasteiger partial charge on any atom is 0.143 e. The number of benzene rings is 1. The van der Waals surface area contributed by atoms with Crippen LogP contribution in [0.5, 0.6) is 0 Å². The maximum absolute atomic E-state index is 13.5. The van der Waals surface area contributed by atoms with Crippen molar-refractivity contribution in [1.29, 1.82) is 0 Å². The lowest BCUT2D eigenvalue weighted by Crippen LogP contribution is -2.07. The van der Waals surface area contributed by atoms with Crippen molar-refractivity contribution in [3.8, 4) is 0 Å². The number of halogens is 3. The molecule has 100 valence electrons. The predicted molar refractivity (Wildman–Crippen MR) is 80.1 cm³/mol. The van der Waals surface area contributed by atoms with Gasteiger partial charge in [0.15, 0.2) is 0 Å². The lowest BCUT2D eigenvalue weighted by atomic mass is 10.1. The maximum atomic E-state index is 13.5. The SMILES string of the molecule is Cc1ccc(C(C)Nc2cnc(Cl)c(Br)c2)cc1F. The van der Waals surface area contributed by atoms with E-state index in [0.29, 0.717) is 10.7 Å². The molecule has 1 heterocycles. The van der Waals surface area contributed by atoms with Crippen molar-refractivity contribution in [2.24, 2.45) is 0 Å². The summed E-state index contributed by atoms with van der Waals surface area (Å²) in [6, 6.07) is 7.06. The Morgan fingerprint density at radius 2 is 2.11 bits per heavy atom. The highest BCUT2D eigenvalue weighted by molar-refractivity contribution is 9.10. The highest BCUT2D eigenvalue weighted by atomic mass is 79.9. The standard InChI is InChI=1S/C14H13BrClFN2/c1-8-3-4-10(5-13(8)17)9(2)19-11-6-12(15)14(16)18-7-11/h3-7,9,19H,1-2H3. The van der Waals surface area contributed by atoms with Gasteiger partial charge in [0.2, 0.25) is 0 Å². The third kappa shape index (κ3) is 3.45. The van der Waals surface area contributed by atoms with Crippen molar-refractivity contribution in [2.45, 2.75) is 19.9 Å². The fourth-order valence-electron chi connectivity index (χ4n) is 1.71. The van der Waals surface area contributed by atoms with E-state index in [1.807, 2.05) is 19.1 Å². The summed E-state index contributed by atoms with van der Waals surface area (Å²) in [6.07, 6.45) is 1.65. The molecule has 5 heteroatoms. The molecule has 0 aliphatic heterocycles. The Morgan fingerprint density at radius 3 is 2.74 bits per heavy atom. The smallest absolute Gasteiger partial charge is 0.143 e. The third-order valence-electron chi connectivity index (χ3n) is 2.88. The van der Waals surface area contributed by atoms with E-state index in [0.717, 1.165) is 15.7 Å². The normalized spacial score (nSPS) is 12.3. The molecule has 0 aliphatic carbocycles. The number of hydrogen-bond acceptors (Lipinski definition) is 2. The summed E-state index contributed by atoms with van der Waals surface area (Å²) >= 11 is 9.16. The minimum absolute atomic E-state index is 0.0232. The fourth-order valence-corrected chi connectivity index (χ4v) is 2.16. The number of aromatic nitrogens is 1. The van der Waals surface area contributed by atoms with Gasteiger partial charge in [-0.2, -0.15) is 0 Å². The van der Waals surface area contributed by atoms with E-state index in [-0.39, 0.29) is 11.9 Å². The molecule has 0 spiro atoms. The molecular weight excluding hydrogens is 331 g/mol. The van der Waals surface area contributed by atoms with Crippen LogP contribution in [0.1, 0.15) is 24.1 Å². The second-order valence-electron chi connectivity index (χ2n) is 4.37. The first-order valence-corrected chi connectivity index (χ1v) is 6.98. The summed E-state index contributed by atoms with van der Waals surface area (Å²) < 4.78 is 14.3. The average molecular weight is 344 g/mol. The van der Waals surface area contributed by atoms with E-state index in [1.165, 1.54) is 0 Å². The molecule has 2 aromatic rings. The van der Waals surface area contributed by atoms with Crippen LogP contribution in [0.3, 0.4) is 0 Å². The van der Waals surface area contributed by atoms with E-state index in [1.54, 1.807) is 25.3 Å². The van der Waals surface area contributed by atoms with Crippen molar-refractivity contribution >= 4 is 33.2 Å². The highest BCUT2D eigenvalue weighted by Crippen LogP contribution is 2.26. The molecular formula is C14H13BrClFN2. The molecule has 0 saturated carbocycles. The zero-order chi connectivity index (χ0) is 14.0. The van der Waals surface area contributed by atoms with Crippen LogP contribution in [0.15, 0.2) is 34.9 Å². The van der Waals surface area contributed by atoms with Gasteiger partial charge in [0, 0.05) is 6.04 Å². The number of nitrogens with zero attached hydrogens (tertiary/aromatic N) is 1. The van der Waals surface area contributed by atoms with Gasteiger partial charge in [-0.15, -0.1) is 0 Å². The Labute approximate surface area is 125 Å². The van der Waals surface area contributed by atoms with Gasteiger partial charge in [0.25, 0.3) is 0 Å². The van der Waals surface area contributed by atoms with Crippen LogP contribution in [-0.2, 0) is 0 Å². The lowest BCUT2D eigenvalue weighted by Gasteiger charge is -2.16. The first kappa shape index (κ1) is 14.3. The highest BCUT2D eigenvalue weighted by Gasteiger charge is 2.09. The van der Waals surface area contributed by atoms with Gasteiger partial charge in [-0.3, -0.25) is 0 Å². The number of pyridine rings is 1. The third-order valence-corrected chi connectivity index (χ3v) is 4.01. The number of aryl methyl sites for hydroxylation is 1. The zero-order valence-corrected chi connectivity index (χ0v) is 12.9. The van der Waals surface area contributed by atoms with Crippen LogP contribution >= 0.6 is 27.5 Å². The predicted octanol–water partition coefficient (Wildman–Crippen LogP) is 5.12. The van der Waals surface area contributed by atoms with Crippen LogP contribution in [0.4, 0.5) is 10.1 Å². The van der Waals surface area contributed by atoms with Crippen LogP contribution in [0.2, 0.25) is 5.15 Å². The van der Waals surface area contributed by atoms with Crippen molar-refractivity contribution in [3.63, 3.8) is 0 Å². The number of hydrogen-bond donors (Lipinski definition) is 1. The lowest BCUT2D eigenvalue weighted by molar-refractivity contribution is 0.614. The molecule has 1 unspecified atom stereocenters. The fraction of sp³-hybridized carbons (Fsp3) is 0.214. The number of rotatable bonds is 3. The Balaban J connectivity index is 2.17. The van der Waals surface area contributed by atoms with Gasteiger partial charge in [0.05, 0.1) is 16.4 Å². The van der Waals surface area contributed by atoms with E-state index < -0.39 is 0 Å². The van der Waals surface area contributed by atoms with Gasteiger partial charge >= 0.3 is 0 Å². The topological polar surface area (TPSA) is 24.9 Å². The molecule has 0 amide bonds. The molecule has 0 fully saturated rings. The van der Waals surface area contributed by atoms with Crippen LogP contribution in [0, 0.1) is 12.7 Å². The molecule has 0 radical (unpaired) electrons. The summed E-state index contributed by atoms with van der Waals surface area (Å²) in [5.74, 6) is -0.193. The zero-order valence-electron chi connectivity index (χ0n) is 10.5. The van der Waals surface area contributed by atoms with Crippen molar-refractivity contribution in [2.75, 3.05) is 5.32 Å². The summed E-state index contributed by atoms with van der Waals surface area (Å²) in [7, 11) is 0. The second kappa shape index (κ2) is 5.88. The van der Waals surface area contributed by atoms with Crippen LogP contribution in [0.25, 0.3) is 0 Å². The molecule has 0 saturated heterocycles. The summed E-state index contributed by atoms with van der Waals surface area (Å²) in [4.78, 5) is 4.04. The quantitative estimate of drug-likeness (QED) is 0.783. The van der Waals surface area contributed by atoms with E-state index >= 15 is 0 Å². The number of nitrogens with one attached hydrogen (secondary N) is 1. The Bertz CT molecular complexity index is 604. The molecule has 1 atom stereocenters. The van der Waals surface area contributed by atoms with Gasteiger partial charge in [-0.1, -0.05) is 23.7 Å². The van der Waals surface area contributed by atoms with Crippen LogP contribution in [-0.4, -0.2) is 4.98 Å². The molecule has 0 bridgehead atoms.